The molecule has 286 valence electrons. The van der Waals surface area contributed by atoms with Gasteiger partial charge in [0.05, 0.1) is 35.3 Å². The minimum Gasteiger partial charge on any atom is -0.438 e. The molecular formula is C44H45FN8O3. The van der Waals surface area contributed by atoms with Crippen LogP contribution in [0.2, 0.25) is 0 Å². The van der Waals surface area contributed by atoms with E-state index in [2.05, 4.69) is 53.5 Å². The highest BCUT2D eigenvalue weighted by Gasteiger charge is 2.37. The summed E-state index contributed by atoms with van der Waals surface area (Å²) in [5.41, 5.74) is 9.89. The van der Waals surface area contributed by atoms with E-state index in [-0.39, 0.29) is 25.1 Å². The molecule has 56 heavy (non-hydrogen) atoms. The van der Waals surface area contributed by atoms with Crippen LogP contribution >= 0.6 is 0 Å². The van der Waals surface area contributed by atoms with Crippen molar-refractivity contribution in [3.63, 3.8) is 0 Å². The molecule has 3 aromatic heterocycles. The number of hydrogen-bond acceptors (Lipinski definition) is 9. The second-order valence-corrected chi connectivity index (χ2v) is 15.1. The number of para-hydroxylation sites is 1. The van der Waals surface area contributed by atoms with Crippen LogP contribution in [0, 0.1) is 25.2 Å². The van der Waals surface area contributed by atoms with Crippen molar-refractivity contribution in [1.29, 1.82) is 5.26 Å². The number of nitriles is 1. The predicted octanol–water partition coefficient (Wildman–Crippen LogP) is 6.37. The van der Waals surface area contributed by atoms with Crippen LogP contribution in [0.15, 0.2) is 78.0 Å². The number of likely N-dealkylation sites (N-methyl/N-ethyl adjacent to an activating group) is 1. The molecule has 12 heteroatoms. The van der Waals surface area contributed by atoms with Gasteiger partial charge >= 0.3 is 0 Å². The molecule has 0 unspecified atom stereocenters. The molecule has 1 fully saturated rings. The number of benzene rings is 2. The number of aryl methyl sites for hydroxylation is 3. The van der Waals surface area contributed by atoms with E-state index >= 15 is 0 Å². The molecule has 0 saturated carbocycles. The summed E-state index contributed by atoms with van der Waals surface area (Å²) in [5.74, 6) is 0.0980. The molecule has 1 atom stereocenters. The van der Waals surface area contributed by atoms with Crippen molar-refractivity contribution in [1.82, 2.24) is 24.3 Å². The number of nitrogens with zero attached hydrogens (tertiary/aromatic N) is 8. The number of fused-ring (bicyclic) bond motifs is 3. The van der Waals surface area contributed by atoms with Gasteiger partial charge in [0, 0.05) is 92.9 Å². The summed E-state index contributed by atoms with van der Waals surface area (Å²) in [6, 6.07) is 19.4. The molecule has 5 aromatic rings. The lowest BCUT2D eigenvalue weighted by molar-refractivity contribution is -0.131. The van der Waals surface area contributed by atoms with Crippen molar-refractivity contribution < 1.29 is 13.9 Å². The van der Waals surface area contributed by atoms with Gasteiger partial charge in [-0.3, -0.25) is 14.6 Å². The van der Waals surface area contributed by atoms with E-state index < -0.39 is 17.8 Å². The lowest BCUT2D eigenvalue weighted by Gasteiger charge is -2.43. The fourth-order valence-electron chi connectivity index (χ4n) is 8.81. The molecule has 2 aromatic carbocycles. The van der Waals surface area contributed by atoms with E-state index in [4.69, 9.17) is 14.7 Å². The van der Waals surface area contributed by atoms with Crippen molar-refractivity contribution in [2.45, 2.75) is 52.2 Å². The summed E-state index contributed by atoms with van der Waals surface area (Å²) in [5, 5.41) is 10.8. The molecule has 3 aliphatic heterocycles. The first kappa shape index (κ1) is 36.9. The van der Waals surface area contributed by atoms with Gasteiger partial charge in [-0.1, -0.05) is 30.8 Å². The Hall–Kier alpha value is -6.06. The van der Waals surface area contributed by atoms with Gasteiger partial charge in [-0.25, -0.2) is 4.39 Å². The Morgan fingerprint density at radius 3 is 2.54 bits per heavy atom. The van der Waals surface area contributed by atoms with Crippen molar-refractivity contribution >= 4 is 28.3 Å². The third kappa shape index (κ3) is 6.56. The van der Waals surface area contributed by atoms with E-state index in [0.29, 0.717) is 31.9 Å². The van der Waals surface area contributed by atoms with Gasteiger partial charge in [-0.2, -0.15) is 10.2 Å². The quantitative estimate of drug-likeness (QED) is 0.175. The van der Waals surface area contributed by atoms with Gasteiger partial charge in [0.2, 0.25) is 5.88 Å². The van der Waals surface area contributed by atoms with Gasteiger partial charge in [0.1, 0.15) is 11.6 Å². The van der Waals surface area contributed by atoms with Crippen LogP contribution < -0.4 is 20.1 Å². The summed E-state index contributed by atoms with van der Waals surface area (Å²) in [6.07, 6.45) is 3.31. The zero-order valence-corrected chi connectivity index (χ0v) is 32.3. The van der Waals surface area contributed by atoms with E-state index in [1.807, 2.05) is 56.6 Å². The van der Waals surface area contributed by atoms with Crippen LogP contribution in [-0.2, 0) is 37.8 Å². The largest absolute Gasteiger partial charge is 0.438 e. The third-order valence-corrected chi connectivity index (χ3v) is 11.6. The third-order valence-electron chi connectivity index (χ3n) is 11.6. The molecular weight excluding hydrogens is 708 g/mol. The summed E-state index contributed by atoms with van der Waals surface area (Å²) in [6.45, 7) is 11.1. The highest BCUT2D eigenvalue weighted by molar-refractivity contribution is 5.92. The number of carbonyl (C=O) groups is 1. The first-order chi connectivity index (χ1) is 27.0. The lowest BCUT2D eigenvalue weighted by atomic mass is 9.89. The number of ether oxygens (including phenoxy) is 1. The lowest BCUT2D eigenvalue weighted by Crippen LogP contribution is -2.55. The van der Waals surface area contributed by atoms with Crippen LogP contribution in [0.3, 0.4) is 0 Å². The summed E-state index contributed by atoms with van der Waals surface area (Å²) in [4.78, 5) is 44.2. The van der Waals surface area contributed by atoms with Crippen molar-refractivity contribution in [3.8, 4) is 28.8 Å². The SMILES string of the molecule is C=C(F)C(=O)N1CCN(c2nc(Oc3cccc4c3CCN(C)C4)c(-c3c(C)ccnc3C)c3c2CCN(c2cccc4ccc(=O)n(C)c24)C3)C[C@@H]1CC#N. The Morgan fingerprint density at radius 2 is 1.75 bits per heavy atom. The number of anilines is 2. The highest BCUT2D eigenvalue weighted by atomic mass is 19.1. The molecule has 0 radical (unpaired) electrons. The normalized spacial score (nSPS) is 17.0. The fourth-order valence-corrected chi connectivity index (χ4v) is 8.81. The number of pyridine rings is 3. The monoisotopic (exact) mass is 752 g/mol. The van der Waals surface area contributed by atoms with Gasteiger partial charge in [-0.15, -0.1) is 0 Å². The van der Waals surface area contributed by atoms with E-state index in [1.54, 1.807) is 10.6 Å². The Labute approximate surface area is 325 Å². The van der Waals surface area contributed by atoms with E-state index in [1.165, 1.54) is 10.5 Å². The molecule has 11 nitrogen and oxygen atoms in total. The van der Waals surface area contributed by atoms with Crippen LogP contribution in [0.25, 0.3) is 22.0 Å². The molecule has 0 bridgehead atoms. The molecule has 0 spiro atoms. The van der Waals surface area contributed by atoms with Crippen molar-refractivity contribution in [3.05, 3.63) is 117 Å². The van der Waals surface area contributed by atoms with Crippen LogP contribution in [-0.4, -0.2) is 76.1 Å². The maximum atomic E-state index is 14.2. The van der Waals surface area contributed by atoms with E-state index in [9.17, 15) is 19.2 Å². The average molecular weight is 753 g/mol. The zero-order chi connectivity index (χ0) is 39.2. The molecule has 0 aliphatic carbocycles. The maximum Gasteiger partial charge on any atom is 0.282 e. The Kier molecular flexibility index (Phi) is 9.80. The second kappa shape index (κ2) is 14.9. The first-order valence-corrected chi connectivity index (χ1v) is 19.1. The topological polar surface area (TPSA) is 111 Å². The van der Waals surface area contributed by atoms with Crippen LogP contribution in [0.1, 0.15) is 39.9 Å². The Balaban J connectivity index is 1.34. The standard InChI is InChI=1S/C44H45FN8O3/c1-27-15-19-47-29(3)39(27)40-35-26-51(36-10-6-8-30-12-13-38(54)50(5)41(30)36)21-17-34(35)42(52-22-23-53(44(55)28(2)45)32(25-52)14-18-46)48-43(40)56-37-11-7-9-31-24-49(4)20-16-33(31)37/h6-13,15,19,32H,2,14,16-17,20-26H2,1,3-5H3/t32-/m0/s1. The van der Waals surface area contributed by atoms with Gasteiger partial charge in [0.15, 0.2) is 5.83 Å². The number of carbonyl (C=O) groups excluding carboxylic acids is 1. The van der Waals surface area contributed by atoms with Gasteiger partial charge in [0.25, 0.3) is 11.5 Å². The summed E-state index contributed by atoms with van der Waals surface area (Å²) >= 11 is 0. The zero-order valence-electron chi connectivity index (χ0n) is 32.3. The van der Waals surface area contributed by atoms with Crippen LogP contribution in [0.4, 0.5) is 15.9 Å². The minimum absolute atomic E-state index is 0.0331. The fraction of sp³-hybridized carbons (Fsp3) is 0.341. The molecule has 8 rings (SSSR count). The average Bonchev–Trinajstić information content (AvgIpc) is 3.19. The molecule has 1 saturated heterocycles. The van der Waals surface area contributed by atoms with Gasteiger partial charge in [-0.05, 0) is 74.7 Å². The minimum atomic E-state index is -1.04. The Morgan fingerprint density at radius 1 is 0.946 bits per heavy atom. The molecule has 1 amide bonds. The van der Waals surface area contributed by atoms with Crippen molar-refractivity contribution in [2.24, 2.45) is 7.05 Å². The van der Waals surface area contributed by atoms with E-state index in [0.717, 1.165) is 86.7 Å². The number of halogens is 1. The van der Waals surface area contributed by atoms with Crippen LogP contribution in [0.5, 0.6) is 11.6 Å². The summed E-state index contributed by atoms with van der Waals surface area (Å²) in [7, 11) is 3.93. The number of rotatable bonds is 7. The maximum absolute atomic E-state index is 14.2. The summed E-state index contributed by atoms with van der Waals surface area (Å²) < 4.78 is 23.0. The predicted molar refractivity (Wildman–Crippen MR) is 216 cm³/mol. The first-order valence-electron chi connectivity index (χ1n) is 19.1. The molecule has 0 N–H and O–H groups in total. The van der Waals surface area contributed by atoms with Gasteiger partial charge < -0.3 is 28.9 Å². The number of hydrogen-bond donors (Lipinski definition) is 0. The number of aromatic nitrogens is 3. The smallest absolute Gasteiger partial charge is 0.282 e. The Bertz CT molecular complexity index is 2490. The number of amides is 1. The molecule has 3 aliphatic rings. The number of piperazine rings is 1. The molecule has 6 heterocycles. The second-order valence-electron chi connectivity index (χ2n) is 15.1. The highest BCUT2D eigenvalue weighted by Crippen LogP contribution is 2.46. The van der Waals surface area contributed by atoms with Crippen molar-refractivity contribution in [2.75, 3.05) is 49.6 Å².